The van der Waals surface area contributed by atoms with E-state index in [1.807, 2.05) is 0 Å². The number of halogens is 1. The van der Waals surface area contributed by atoms with Crippen LogP contribution < -0.4 is 26.5 Å². The number of nitrogens with zero attached hydrogens (tertiary/aromatic N) is 1. The zero-order valence-electron chi connectivity index (χ0n) is 8.30. The molecule has 0 spiro atoms. The van der Waals surface area contributed by atoms with E-state index in [0.29, 0.717) is 13.0 Å². The first-order valence-corrected chi connectivity index (χ1v) is 5.11. The standard InChI is InChI=1S/C6H13ClN4O5/c8-4(2-1-3-11-6(9)10)5(12)15-16-7(13)14/h4H,1-3,8H2,(H4,9,10,11)/t4-/m0/s1. The van der Waals surface area contributed by atoms with E-state index < -0.39 is 22.8 Å². The lowest BCUT2D eigenvalue weighted by Gasteiger charge is -2.05. The third kappa shape index (κ3) is 8.20. The number of hydrogen-bond acceptors (Lipinski definition) is 7. The minimum absolute atomic E-state index is 0.0559. The molecular weight excluding hydrogens is 244 g/mol. The van der Waals surface area contributed by atoms with Crippen molar-refractivity contribution in [3.8, 4) is 0 Å². The lowest BCUT2D eigenvalue weighted by atomic mass is 10.2. The summed E-state index contributed by atoms with van der Waals surface area (Å²) in [6.07, 6.45) is 0.686. The molecule has 0 aromatic rings. The molecule has 0 aromatic heterocycles. The second kappa shape index (κ2) is 8.07. The van der Waals surface area contributed by atoms with E-state index >= 15 is 0 Å². The Morgan fingerprint density at radius 2 is 2.06 bits per heavy atom. The van der Waals surface area contributed by atoms with Gasteiger partial charge in [0.05, 0.1) is 0 Å². The van der Waals surface area contributed by atoms with E-state index in [9.17, 15) is 14.1 Å². The van der Waals surface area contributed by atoms with Gasteiger partial charge in [0.2, 0.25) is 0 Å². The van der Waals surface area contributed by atoms with Crippen molar-refractivity contribution in [1.29, 1.82) is 0 Å². The summed E-state index contributed by atoms with van der Waals surface area (Å²) in [5, 5.41) is 0. The van der Waals surface area contributed by atoms with Gasteiger partial charge >= 0.3 is 16.8 Å². The molecule has 0 rings (SSSR count). The minimum Gasteiger partial charge on any atom is -0.370 e. The molecule has 0 radical (unpaired) electrons. The monoisotopic (exact) mass is 256 g/mol. The number of nitrogens with two attached hydrogens (primary N) is 3. The first-order valence-electron chi connectivity index (χ1n) is 4.19. The van der Waals surface area contributed by atoms with Crippen LogP contribution in [0.3, 0.4) is 0 Å². The van der Waals surface area contributed by atoms with Crippen molar-refractivity contribution in [2.75, 3.05) is 6.54 Å². The summed E-state index contributed by atoms with van der Waals surface area (Å²) in [6.45, 7) is 0.315. The van der Waals surface area contributed by atoms with Crippen molar-refractivity contribution in [3.05, 3.63) is 0 Å². The fourth-order valence-corrected chi connectivity index (χ4v) is 0.869. The Labute approximate surface area is 94.5 Å². The van der Waals surface area contributed by atoms with Gasteiger partial charge in [0.15, 0.2) is 5.96 Å². The van der Waals surface area contributed by atoms with Gasteiger partial charge in [-0.2, -0.15) is 0 Å². The Morgan fingerprint density at radius 1 is 1.44 bits per heavy atom. The molecule has 0 bridgehead atoms. The van der Waals surface area contributed by atoms with E-state index in [-0.39, 0.29) is 12.4 Å². The van der Waals surface area contributed by atoms with Crippen LogP contribution in [0.5, 0.6) is 0 Å². The SMILES string of the molecule is NC(N)=NCCC[C@H](N)C(=O)OO[Cl+2]([O-])[O-]. The molecule has 0 aliphatic rings. The number of hydrogen-bond donors (Lipinski definition) is 3. The van der Waals surface area contributed by atoms with Crippen molar-refractivity contribution in [3.63, 3.8) is 0 Å². The second-order valence-electron chi connectivity index (χ2n) is 2.71. The highest BCUT2D eigenvalue weighted by Crippen LogP contribution is 1.98. The van der Waals surface area contributed by atoms with Crippen LogP contribution in [0.25, 0.3) is 0 Å². The Kier molecular flexibility index (Phi) is 7.50. The predicted molar refractivity (Wildman–Crippen MR) is 45.1 cm³/mol. The number of aliphatic imine (C=N–C) groups is 1. The molecule has 0 aliphatic heterocycles. The molecular formula is C6H13ClN4O5. The average molecular weight is 257 g/mol. The van der Waals surface area contributed by atoms with Crippen LogP contribution in [0, 0.1) is 10.8 Å². The van der Waals surface area contributed by atoms with Gasteiger partial charge < -0.3 is 26.5 Å². The lowest BCUT2D eigenvalue weighted by Crippen LogP contribution is -2.38. The summed E-state index contributed by atoms with van der Waals surface area (Å²) >= 11 is 0. The molecule has 1 atom stereocenters. The fourth-order valence-electron chi connectivity index (χ4n) is 0.756. The van der Waals surface area contributed by atoms with E-state index in [4.69, 9.17) is 17.2 Å². The molecule has 0 fully saturated rings. The van der Waals surface area contributed by atoms with Gasteiger partial charge in [-0.15, -0.1) is 0 Å². The highest BCUT2D eigenvalue weighted by atomic mass is 35.6. The number of rotatable bonds is 7. The fraction of sp³-hybridized carbons (Fsp3) is 0.667. The Balaban J connectivity index is 3.67. The van der Waals surface area contributed by atoms with Crippen molar-refractivity contribution in [2.24, 2.45) is 22.2 Å². The molecule has 0 aromatic carbocycles. The van der Waals surface area contributed by atoms with E-state index in [1.165, 1.54) is 0 Å². The molecule has 0 heterocycles. The van der Waals surface area contributed by atoms with Gasteiger partial charge in [-0.3, -0.25) is 4.99 Å². The maximum absolute atomic E-state index is 10.9. The van der Waals surface area contributed by atoms with Crippen molar-refractivity contribution in [2.45, 2.75) is 18.9 Å². The normalized spacial score (nSPS) is 12.2. The van der Waals surface area contributed by atoms with Gasteiger partial charge in [0.1, 0.15) is 6.04 Å². The average Bonchev–Trinajstić information content (AvgIpc) is 2.20. The van der Waals surface area contributed by atoms with Crippen LogP contribution in [0.4, 0.5) is 0 Å². The molecule has 16 heavy (non-hydrogen) atoms. The topological polar surface area (TPSA) is 172 Å². The zero-order chi connectivity index (χ0) is 12.6. The molecule has 0 saturated heterocycles. The molecule has 0 aliphatic carbocycles. The van der Waals surface area contributed by atoms with Crippen LogP contribution in [-0.2, 0) is 14.1 Å². The summed E-state index contributed by atoms with van der Waals surface area (Å²) in [7, 11) is -2.60. The van der Waals surface area contributed by atoms with E-state index in [1.54, 1.807) is 0 Å². The van der Waals surface area contributed by atoms with Gasteiger partial charge in [-0.05, 0) is 12.8 Å². The first-order chi connectivity index (χ1) is 7.43. The Bertz CT molecular complexity index is 245. The Morgan fingerprint density at radius 3 is 2.56 bits per heavy atom. The molecule has 94 valence electrons. The largest absolute Gasteiger partial charge is 0.370 e. The third-order valence-corrected chi connectivity index (χ3v) is 1.60. The summed E-state index contributed by atoms with van der Waals surface area (Å²) in [6, 6.07) is -0.994. The number of guanidine groups is 1. The second-order valence-corrected chi connectivity index (χ2v) is 3.21. The summed E-state index contributed by atoms with van der Waals surface area (Å²) in [5.74, 6) is -1.04. The lowest BCUT2D eigenvalue weighted by molar-refractivity contribution is -1.64. The van der Waals surface area contributed by atoms with Gasteiger partial charge in [0, 0.05) is 6.54 Å². The summed E-state index contributed by atoms with van der Waals surface area (Å²) < 4.78 is 23.2. The minimum atomic E-state index is -2.60. The summed E-state index contributed by atoms with van der Waals surface area (Å²) in [5.41, 5.74) is 15.5. The Hall–Kier alpha value is -1.13. The number of carbonyl (C=O) groups is 1. The molecule has 0 saturated carbocycles. The maximum atomic E-state index is 10.9. The van der Waals surface area contributed by atoms with Crippen molar-refractivity contribution >= 4 is 11.9 Å². The van der Waals surface area contributed by atoms with Gasteiger partial charge in [0.25, 0.3) is 4.44 Å². The molecule has 10 heteroatoms. The highest BCUT2D eigenvalue weighted by Gasteiger charge is 2.21. The van der Waals surface area contributed by atoms with Crippen LogP contribution in [0.1, 0.15) is 12.8 Å². The number of carbonyl (C=O) groups excluding carboxylic acids is 1. The smallest absolute Gasteiger partial charge is 0.369 e. The van der Waals surface area contributed by atoms with Crippen LogP contribution in [0.15, 0.2) is 4.99 Å². The highest BCUT2D eigenvalue weighted by molar-refractivity contribution is 5.75. The summed E-state index contributed by atoms with van der Waals surface area (Å²) in [4.78, 5) is 18.5. The zero-order valence-corrected chi connectivity index (χ0v) is 9.05. The van der Waals surface area contributed by atoms with Crippen LogP contribution in [-0.4, -0.2) is 24.5 Å². The van der Waals surface area contributed by atoms with Crippen LogP contribution in [0.2, 0.25) is 0 Å². The molecule has 0 unspecified atom stereocenters. The first kappa shape index (κ1) is 14.9. The molecule has 6 N–H and O–H groups in total. The molecule has 0 amide bonds. The van der Waals surface area contributed by atoms with Gasteiger partial charge in [-0.25, -0.2) is 9.68 Å². The van der Waals surface area contributed by atoms with Crippen molar-refractivity contribution < 1.29 is 34.2 Å². The third-order valence-electron chi connectivity index (χ3n) is 1.44. The van der Waals surface area contributed by atoms with E-state index in [0.717, 1.165) is 0 Å². The molecule has 9 nitrogen and oxygen atoms in total. The van der Waals surface area contributed by atoms with Gasteiger partial charge in [-0.1, -0.05) is 0 Å². The maximum Gasteiger partial charge on any atom is 0.369 e. The predicted octanol–water partition coefficient (Wildman–Crippen LogP) is -4.07. The quantitative estimate of drug-likeness (QED) is 0.136. The van der Waals surface area contributed by atoms with Crippen LogP contribution >= 0.6 is 0 Å². The van der Waals surface area contributed by atoms with Crippen molar-refractivity contribution in [1.82, 2.24) is 0 Å². The van der Waals surface area contributed by atoms with E-state index in [2.05, 4.69) is 14.3 Å².